The summed E-state index contributed by atoms with van der Waals surface area (Å²) in [5.41, 5.74) is -4.62. The molecule has 0 fully saturated rings. The number of nitrogens with zero attached hydrogens (tertiary/aromatic N) is 1. The van der Waals surface area contributed by atoms with Gasteiger partial charge in [0.05, 0.1) is 11.8 Å². The molecule has 0 unspecified atom stereocenters. The van der Waals surface area contributed by atoms with Crippen molar-refractivity contribution < 1.29 is 22.4 Å². The highest BCUT2D eigenvalue weighted by atomic mass is 32.2. The first kappa shape index (κ1) is 15.3. The van der Waals surface area contributed by atoms with E-state index in [0.29, 0.717) is 0 Å². The zero-order chi connectivity index (χ0) is 14.5. The van der Waals surface area contributed by atoms with E-state index in [1.54, 1.807) is 6.07 Å². The lowest BCUT2D eigenvalue weighted by Gasteiger charge is -2.13. The highest BCUT2D eigenvalue weighted by Crippen LogP contribution is 2.29. The summed E-state index contributed by atoms with van der Waals surface area (Å²) in [7, 11) is 0. The molecular weight excluding hydrogens is 284 g/mol. The lowest BCUT2D eigenvalue weighted by molar-refractivity contribution is -0.119. The molecular formula is C11H8F4N2OS. The van der Waals surface area contributed by atoms with Crippen LogP contribution in [0.3, 0.4) is 0 Å². The topological polar surface area (TPSA) is 52.9 Å². The second-order valence-corrected chi connectivity index (χ2v) is 4.43. The Labute approximate surface area is 110 Å². The van der Waals surface area contributed by atoms with Crippen molar-refractivity contribution in [2.24, 2.45) is 0 Å². The molecule has 0 bridgehead atoms. The number of rotatable bonds is 4. The third-order valence-corrected chi connectivity index (χ3v) is 2.75. The van der Waals surface area contributed by atoms with Crippen molar-refractivity contribution in [2.75, 3.05) is 5.75 Å². The molecule has 1 N–H and O–H groups in total. The molecule has 0 saturated carbocycles. The van der Waals surface area contributed by atoms with Crippen molar-refractivity contribution in [3.63, 3.8) is 0 Å². The number of carbonyl (C=O) groups is 1. The van der Waals surface area contributed by atoms with Crippen LogP contribution in [0.2, 0.25) is 0 Å². The van der Waals surface area contributed by atoms with Crippen LogP contribution in [0.1, 0.15) is 11.6 Å². The monoisotopic (exact) mass is 292 g/mol. The third kappa shape index (κ3) is 5.18. The number of nitriles is 1. The van der Waals surface area contributed by atoms with Gasteiger partial charge in [-0.15, -0.1) is 0 Å². The SMILES string of the molecule is N#C[C@H](NC(=O)CSC(F)(F)F)c1ccccc1F. The predicted molar refractivity (Wildman–Crippen MR) is 61.4 cm³/mol. The fourth-order valence-electron chi connectivity index (χ4n) is 1.24. The highest BCUT2D eigenvalue weighted by Gasteiger charge is 2.29. The number of alkyl halides is 3. The van der Waals surface area contributed by atoms with Gasteiger partial charge >= 0.3 is 5.51 Å². The maximum absolute atomic E-state index is 13.4. The van der Waals surface area contributed by atoms with E-state index in [2.05, 4.69) is 0 Å². The Balaban J connectivity index is 2.66. The van der Waals surface area contributed by atoms with Gasteiger partial charge in [0, 0.05) is 5.56 Å². The van der Waals surface area contributed by atoms with Crippen LogP contribution in [-0.2, 0) is 4.79 Å². The quantitative estimate of drug-likeness (QED) is 0.868. The predicted octanol–water partition coefficient (Wildman–Crippen LogP) is 2.76. The van der Waals surface area contributed by atoms with Crippen LogP contribution in [0.5, 0.6) is 0 Å². The molecule has 1 aromatic carbocycles. The van der Waals surface area contributed by atoms with E-state index >= 15 is 0 Å². The van der Waals surface area contributed by atoms with Crippen molar-refractivity contribution in [2.45, 2.75) is 11.6 Å². The summed E-state index contributed by atoms with van der Waals surface area (Å²) in [6, 6.07) is 5.53. The van der Waals surface area contributed by atoms with Gasteiger partial charge in [-0.25, -0.2) is 4.39 Å². The fraction of sp³-hybridized carbons (Fsp3) is 0.273. The van der Waals surface area contributed by atoms with Gasteiger partial charge in [0.1, 0.15) is 11.9 Å². The number of amides is 1. The number of nitrogens with one attached hydrogen (secondary N) is 1. The normalized spacial score (nSPS) is 12.6. The molecule has 3 nitrogen and oxygen atoms in total. The van der Waals surface area contributed by atoms with Gasteiger partial charge in [0.25, 0.3) is 0 Å². The van der Waals surface area contributed by atoms with Crippen molar-refractivity contribution in [1.82, 2.24) is 5.32 Å². The van der Waals surface area contributed by atoms with Crippen molar-refractivity contribution in [1.29, 1.82) is 5.26 Å². The van der Waals surface area contributed by atoms with E-state index in [1.807, 2.05) is 5.32 Å². The number of hydrogen-bond acceptors (Lipinski definition) is 3. The lowest BCUT2D eigenvalue weighted by Crippen LogP contribution is -2.30. The Kier molecular flexibility index (Phi) is 5.18. The molecule has 102 valence electrons. The van der Waals surface area contributed by atoms with Crippen LogP contribution in [0.15, 0.2) is 24.3 Å². The number of hydrogen-bond donors (Lipinski definition) is 1. The van der Waals surface area contributed by atoms with Gasteiger partial charge in [-0.05, 0) is 17.8 Å². The van der Waals surface area contributed by atoms with E-state index < -0.39 is 40.8 Å². The van der Waals surface area contributed by atoms with Crippen LogP contribution in [0.25, 0.3) is 0 Å². The Morgan fingerprint density at radius 1 is 1.42 bits per heavy atom. The summed E-state index contributed by atoms with van der Waals surface area (Å²) in [5.74, 6) is -2.58. The fourth-order valence-corrected chi connectivity index (χ4v) is 1.62. The van der Waals surface area contributed by atoms with E-state index in [0.717, 1.165) is 6.07 Å². The Hall–Kier alpha value is -1.75. The molecule has 0 radical (unpaired) electrons. The minimum atomic E-state index is -4.53. The maximum atomic E-state index is 13.4. The lowest BCUT2D eigenvalue weighted by atomic mass is 10.1. The van der Waals surface area contributed by atoms with Crippen molar-refractivity contribution >= 4 is 17.7 Å². The number of halogens is 4. The smallest absolute Gasteiger partial charge is 0.336 e. The summed E-state index contributed by atoms with van der Waals surface area (Å²) in [6.07, 6.45) is 0. The van der Waals surface area contributed by atoms with E-state index in [1.165, 1.54) is 18.2 Å². The summed E-state index contributed by atoms with van der Waals surface area (Å²) in [4.78, 5) is 11.2. The first-order valence-corrected chi connectivity index (χ1v) is 5.96. The second kappa shape index (κ2) is 6.43. The molecule has 0 spiro atoms. The largest absolute Gasteiger partial charge is 0.442 e. The van der Waals surface area contributed by atoms with Gasteiger partial charge < -0.3 is 5.32 Å². The number of carbonyl (C=O) groups excluding carboxylic acids is 1. The standard InChI is InChI=1S/C11H8F4N2OS/c12-8-4-2-1-3-7(8)9(5-16)17-10(18)6-19-11(13,14)15/h1-4,9H,6H2,(H,17,18)/t9-/m0/s1. The maximum Gasteiger partial charge on any atom is 0.442 e. The highest BCUT2D eigenvalue weighted by molar-refractivity contribution is 8.00. The average Bonchev–Trinajstić information content (AvgIpc) is 2.33. The molecule has 1 atom stereocenters. The third-order valence-electron chi connectivity index (χ3n) is 2.02. The summed E-state index contributed by atoms with van der Waals surface area (Å²) in [5, 5.41) is 10.9. The van der Waals surface area contributed by atoms with Crippen LogP contribution in [0, 0.1) is 17.1 Å². The van der Waals surface area contributed by atoms with Gasteiger partial charge in [-0.2, -0.15) is 18.4 Å². The molecule has 8 heteroatoms. The molecule has 0 aliphatic heterocycles. The molecule has 0 aliphatic carbocycles. The molecule has 1 rings (SSSR count). The Bertz CT molecular complexity index is 498. The molecule has 0 heterocycles. The van der Waals surface area contributed by atoms with Crippen LogP contribution in [-0.4, -0.2) is 17.2 Å². The second-order valence-electron chi connectivity index (χ2n) is 3.39. The Morgan fingerprint density at radius 3 is 2.58 bits per heavy atom. The van der Waals surface area contributed by atoms with Gasteiger partial charge in [-0.1, -0.05) is 18.2 Å². The summed E-state index contributed by atoms with van der Waals surface area (Å²) >= 11 is -0.522. The van der Waals surface area contributed by atoms with Crippen LogP contribution in [0.4, 0.5) is 17.6 Å². The average molecular weight is 292 g/mol. The minimum Gasteiger partial charge on any atom is -0.336 e. The minimum absolute atomic E-state index is 0.0876. The first-order chi connectivity index (χ1) is 8.83. The number of benzene rings is 1. The summed E-state index contributed by atoms with van der Waals surface area (Å²) in [6.45, 7) is 0. The molecule has 0 saturated heterocycles. The molecule has 0 aromatic heterocycles. The van der Waals surface area contributed by atoms with E-state index in [-0.39, 0.29) is 5.56 Å². The molecule has 1 aromatic rings. The van der Waals surface area contributed by atoms with E-state index in [9.17, 15) is 22.4 Å². The zero-order valence-corrected chi connectivity index (χ0v) is 10.2. The van der Waals surface area contributed by atoms with Crippen LogP contribution < -0.4 is 5.32 Å². The Morgan fingerprint density at radius 2 is 2.05 bits per heavy atom. The van der Waals surface area contributed by atoms with Crippen molar-refractivity contribution in [3.8, 4) is 6.07 Å². The zero-order valence-electron chi connectivity index (χ0n) is 9.37. The molecule has 19 heavy (non-hydrogen) atoms. The van der Waals surface area contributed by atoms with E-state index in [4.69, 9.17) is 5.26 Å². The summed E-state index contributed by atoms with van der Waals surface area (Å²) < 4.78 is 49.0. The molecule has 1 amide bonds. The first-order valence-electron chi connectivity index (χ1n) is 4.97. The van der Waals surface area contributed by atoms with Crippen molar-refractivity contribution in [3.05, 3.63) is 35.6 Å². The van der Waals surface area contributed by atoms with Gasteiger partial charge in [0.15, 0.2) is 0 Å². The number of thioether (sulfide) groups is 1. The van der Waals surface area contributed by atoms with Crippen LogP contribution >= 0.6 is 11.8 Å². The van der Waals surface area contributed by atoms with Gasteiger partial charge in [-0.3, -0.25) is 4.79 Å². The molecule has 0 aliphatic rings. The van der Waals surface area contributed by atoms with Gasteiger partial charge in [0.2, 0.25) is 5.91 Å².